The number of rotatable bonds is 6. The first-order chi connectivity index (χ1) is 19.2. The summed E-state index contributed by atoms with van der Waals surface area (Å²) in [5.74, 6) is -3.50. The molecule has 222 valence electrons. The van der Waals surface area contributed by atoms with Gasteiger partial charge in [-0.15, -0.1) is 0 Å². The first kappa shape index (κ1) is 30.4. The highest BCUT2D eigenvalue weighted by Gasteiger charge is 2.45. The largest absolute Gasteiger partial charge is 0.416 e. The average Bonchev–Trinajstić information content (AvgIpc) is 3.25. The molecule has 4 rings (SSSR count). The molecule has 0 aliphatic carbocycles. The average molecular weight is 603 g/mol. The van der Waals surface area contributed by atoms with E-state index >= 15 is 0 Å². The predicted molar refractivity (Wildman–Crippen MR) is 141 cm³/mol. The molecule has 2 aliphatic rings. The molecule has 0 radical (unpaired) electrons. The van der Waals surface area contributed by atoms with Gasteiger partial charge in [0.05, 0.1) is 17.8 Å². The van der Waals surface area contributed by atoms with Crippen molar-refractivity contribution in [2.24, 2.45) is 0 Å². The Kier molecular flexibility index (Phi) is 8.73. The molecule has 1 aromatic heterocycles. The summed E-state index contributed by atoms with van der Waals surface area (Å²) in [7, 11) is 1.19. The van der Waals surface area contributed by atoms with E-state index in [1.54, 1.807) is 4.90 Å². The maximum absolute atomic E-state index is 14.8. The number of amides is 4. The summed E-state index contributed by atoms with van der Waals surface area (Å²) in [6.07, 6.45) is -4.74. The molecule has 0 spiro atoms. The van der Waals surface area contributed by atoms with Gasteiger partial charge in [-0.2, -0.15) is 13.2 Å². The second-order valence-electron chi connectivity index (χ2n) is 9.91. The number of carbonyl (C=O) groups is 3. The van der Waals surface area contributed by atoms with Crippen LogP contribution in [0, 0.1) is 18.6 Å². The van der Waals surface area contributed by atoms with Crippen LogP contribution in [0.2, 0.25) is 5.02 Å². The Labute approximate surface area is 238 Å². The summed E-state index contributed by atoms with van der Waals surface area (Å²) in [6, 6.07) is 1.26. The fraction of sp³-hybridized carbons (Fsp3) is 0.462. The van der Waals surface area contributed by atoms with Crippen molar-refractivity contribution in [3.8, 4) is 0 Å². The molecule has 0 bridgehead atoms. The third-order valence-corrected chi connectivity index (χ3v) is 7.54. The molecule has 2 saturated heterocycles. The number of urea groups is 1. The molecule has 3 heterocycles. The van der Waals surface area contributed by atoms with Crippen molar-refractivity contribution in [2.45, 2.75) is 26.1 Å². The third kappa shape index (κ3) is 6.38. The van der Waals surface area contributed by atoms with Gasteiger partial charge in [-0.05, 0) is 31.2 Å². The van der Waals surface area contributed by atoms with Gasteiger partial charge in [-0.3, -0.25) is 19.4 Å². The zero-order valence-corrected chi connectivity index (χ0v) is 23.3. The lowest BCUT2D eigenvalue weighted by Crippen LogP contribution is -2.50. The SMILES string of the molecule is CC(=O)N1CCN(CCN2C[C@@H](C(=O)N(C)c3ccc(F)c(Cl)c3F)N(c3cc(C(F)(F)F)cc(C)n3)C2=O)CC1. The van der Waals surface area contributed by atoms with E-state index in [-0.39, 0.29) is 36.2 Å². The summed E-state index contributed by atoms with van der Waals surface area (Å²) in [4.78, 5) is 49.7. The van der Waals surface area contributed by atoms with E-state index in [0.29, 0.717) is 38.8 Å². The van der Waals surface area contributed by atoms with Crippen molar-refractivity contribution in [2.75, 3.05) is 62.7 Å². The van der Waals surface area contributed by atoms with Crippen LogP contribution in [0.5, 0.6) is 0 Å². The van der Waals surface area contributed by atoms with Gasteiger partial charge in [0, 0.05) is 58.9 Å². The van der Waals surface area contributed by atoms with Gasteiger partial charge >= 0.3 is 12.2 Å². The van der Waals surface area contributed by atoms with Crippen molar-refractivity contribution >= 4 is 41.0 Å². The number of halogens is 6. The number of aromatic nitrogens is 1. The summed E-state index contributed by atoms with van der Waals surface area (Å²) in [6.45, 7) is 5.28. The maximum atomic E-state index is 14.8. The van der Waals surface area contributed by atoms with Gasteiger partial charge in [0.25, 0.3) is 5.91 Å². The van der Waals surface area contributed by atoms with Crippen LogP contribution in [0.3, 0.4) is 0 Å². The molecule has 4 amide bonds. The summed E-state index contributed by atoms with van der Waals surface area (Å²) in [5.41, 5.74) is -1.45. The number of likely N-dealkylation sites (N-methyl/N-ethyl adjacent to an activating group) is 1. The highest BCUT2D eigenvalue weighted by atomic mass is 35.5. The van der Waals surface area contributed by atoms with Crippen molar-refractivity contribution in [3.05, 3.63) is 52.2 Å². The molecule has 9 nitrogen and oxygen atoms in total. The summed E-state index contributed by atoms with van der Waals surface area (Å²) >= 11 is 5.68. The van der Waals surface area contributed by atoms with E-state index in [4.69, 9.17) is 11.6 Å². The van der Waals surface area contributed by atoms with Crippen LogP contribution in [-0.4, -0.2) is 96.4 Å². The minimum absolute atomic E-state index is 0.0275. The van der Waals surface area contributed by atoms with E-state index < -0.39 is 46.4 Å². The van der Waals surface area contributed by atoms with Crippen molar-refractivity contribution in [1.82, 2.24) is 19.7 Å². The van der Waals surface area contributed by atoms with Gasteiger partial charge in [0.1, 0.15) is 22.7 Å². The molecule has 2 aromatic rings. The number of piperazine rings is 1. The standard InChI is InChI=1S/C26H28ClF5N6O3/c1-15-12-17(26(30,31)32)13-21(33-15)38-20(24(40)34(3)19-5-4-18(28)22(27)23(19)29)14-37(25(38)41)11-8-35-6-9-36(10-7-35)16(2)39/h4-5,12-13,20H,6-11,14H2,1-3H3/t20-/m0/s1. The van der Waals surface area contributed by atoms with E-state index in [1.165, 1.54) is 25.8 Å². The molecule has 0 saturated carbocycles. The number of pyridine rings is 1. The van der Waals surface area contributed by atoms with Crippen molar-refractivity contribution in [1.29, 1.82) is 0 Å². The Balaban J connectivity index is 1.63. The molecule has 0 unspecified atom stereocenters. The molecular formula is C26H28ClF5N6O3. The number of aryl methyl sites for hydroxylation is 1. The lowest BCUT2D eigenvalue weighted by atomic mass is 10.1. The fourth-order valence-electron chi connectivity index (χ4n) is 4.89. The minimum Gasteiger partial charge on any atom is -0.340 e. The third-order valence-electron chi connectivity index (χ3n) is 7.19. The first-order valence-corrected chi connectivity index (χ1v) is 13.1. The Hall–Kier alpha value is -3.52. The van der Waals surface area contributed by atoms with Crippen LogP contribution in [0.1, 0.15) is 18.2 Å². The zero-order chi connectivity index (χ0) is 30.2. The molecule has 1 atom stereocenters. The Bertz CT molecular complexity index is 1350. The second-order valence-corrected chi connectivity index (χ2v) is 10.3. The Morgan fingerprint density at radius 3 is 2.37 bits per heavy atom. The zero-order valence-electron chi connectivity index (χ0n) is 22.5. The van der Waals surface area contributed by atoms with E-state index in [9.17, 15) is 36.3 Å². The van der Waals surface area contributed by atoms with Gasteiger partial charge in [-0.1, -0.05) is 11.6 Å². The van der Waals surface area contributed by atoms with Gasteiger partial charge in [0.15, 0.2) is 5.82 Å². The fourth-order valence-corrected chi connectivity index (χ4v) is 5.05. The molecule has 2 fully saturated rings. The van der Waals surface area contributed by atoms with Crippen molar-refractivity contribution < 1.29 is 36.3 Å². The molecule has 2 aliphatic heterocycles. The number of benzene rings is 1. The Morgan fingerprint density at radius 2 is 1.76 bits per heavy atom. The maximum Gasteiger partial charge on any atom is 0.416 e. The van der Waals surface area contributed by atoms with Crippen LogP contribution in [0.4, 0.5) is 38.3 Å². The first-order valence-electron chi connectivity index (χ1n) is 12.7. The highest BCUT2D eigenvalue weighted by molar-refractivity contribution is 6.31. The molecule has 41 heavy (non-hydrogen) atoms. The van der Waals surface area contributed by atoms with Gasteiger partial charge in [0.2, 0.25) is 5.91 Å². The molecular weight excluding hydrogens is 575 g/mol. The molecule has 0 N–H and O–H groups in total. The number of hydrogen-bond donors (Lipinski definition) is 0. The summed E-state index contributed by atoms with van der Waals surface area (Å²) in [5, 5.41) is -0.830. The lowest BCUT2D eigenvalue weighted by Gasteiger charge is -2.34. The number of alkyl halides is 3. The van der Waals surface area contributed by atoms with Gasteiger partial charge < -0.3 is 14.7 Å². The smallest absolute Gasteiger partial charge is 0.340 e. The summed E-state index contributed by atoms with van der Waals surface area (Å²) < 4.78 is 69.3. The van der Waals surface area contributed by atoms with Crippen LogP contribution in [0.15, 0.2) is 24.3 Å². The number of nitrogens with zero attached hydrogens (tertiary/aromatic N) is 6. The monoisotopic (exact) mass is 602 g/mol. The van der Waals surface area contributed by atoms with Crippen LogP contribution >= 0.6 is 11.6 Å². The van der Waals surface area contributed by atoms with E-state index in [0.717, 1.165) is 28.0 Å². The van der Waals surface area contributed by atoms with E-state index in [2.05, 4.69) is 4.98 Å². The Morgan fingerprint density at radius 1 is 1.10 bits per heavy atom. The second kappa shape index (κ2) is 11.8. The number of carbonyl (C=O) groups excluding carboxylic acids is 3. The number of anilines is 2. The van der Waals surface area contributed by atoms with Crippen LogP contribution in [-0.2, 0) is 15.8 Å². The molecule has 1 aromatic carbocycles. The lowest BCUT2D eigenvalue weighted by molar-refractivity contribution is -0.137. The van der Waals surface area contributed by atoms with Crippen LogP contribution in [0.25, 0.3) is 0 Å². The number of hydrogen-bond acceptors (Lipinski definition) is 5. The molecule has 15 heteroatoms. The minimum atomic E-state index is -4.74. The quantitative estimate of drug-likeness (QED) is 0.372. The highest BCUT2D eigenvalue weighted by Crippen LogP contribution is 2.35. The topological polar surface area (TPSA) is 80.3 Å². The normalized spacial score (nSPS) is 18.3. The van der Waals surface area contributed by atoms with Crippen LogP contribution < -0.4 is 9.80 Å². The van der Waals surface area contributed by atoms with Crippen molar-refractivity contribution in [3.63, 3.8) is 0 Å². The van der Waals surface area contributed by atoms with E-state index in [1.807, 2.05) is 4.90 Å². The van der Waals surface area contributed by atoms with Gasteiger partial charge in [-0.25, -0.2) is 18.6 Å². The predicted octanol–water partition coefficient (Wildman–Crippen LogP) is 3.78.